The summed E-state index contributed by atoms with van der Waals surface area (Å²) in [5, 5.41) is 14.2. The molecule has 0 aliphatic rings. The Morgan fingerprint density at radius 3 is 2.86 bits per heavy atom. The first-order valence-corrected chi connectivity index (χ1v) is 7.64. The second kappa shape index (κ2) is 7.48. The number of carbonyl (C=O) groups excluding carboxylic acids is 1. The zero-order valence-electron chi connectivity index (χ0n) is 10.8. The highest BCUT2D eigenvalue weighted by molar-refractivity contribution is 7.10. The van der Waals surface area contributed by atoms with Gasteiger partial charge in [-0.05, 0) is 29.6 Å². The Morgan fingerprint density at radius 2 is 2.14 bits per heavy atom. The van der Waals surface area contributed by atoms with Gasteiger partial charge in [0.25, 0.3) is 5.91 Å². The number of benzene rings is 1. The van der Waals surface area contributed by atoms with Crippen molar-refractivity contribution in [2.24, 2.45) is 0 Å². The average molecular weight is 340 g/mol. The molecule has 0 saturated heterocycles. The SMILES string of the molecule is O=C(NCc1sccc1C#CCO)c1ccc(Cl)cc1Cl. The zero-order valence-corrected chi connectivity index (χ0v) is 13.1. The lowest BCUT2D eigenvalue weighted by molar-refractivity contribution is 0.0951. The van der Waals surface area contributed by atoms with Crippen molar-refractivity contribution in [3.63, 3.8) is 0 Å². The highest BCUT2D eigenvalue weighted by Crippen LogP contribution is 2.21. The molecule has 1 aromatic heterocycles. The van der Waals surface area contributed by atoms with Crippen molar-refractivity contribution in [2.45, 2.75) is 6.54 Å². The molecular weight excluding hydrogens is 329 g/mol. The number of aliphatic hydroxyl groups excluding tert-OH is 1. The van der Waals surface area contributed by atoms with E-state index >= 15 is 0 Å². The first-order chi connectivity index (χ1) is 10.1. The van der Waals surface area contributed by atoms with Crippen LogP contribution in [0.5, 0.6) is 0 Å². The van der Waals surface area contributed by atoms with Crippen molar-refractivity contribution in [1.29, 1.82) is 0 Å². The Bertz CT molecular complexity index is 716. The lowest BCUT2D eigenvalue weighted by atomic mass is 10.2. The average Bonchev–Trinajstić information content (AvgIpc) is 2.90. The number of nitrogens with one attached hydrogen (secondary N) is 1. The fraction of sp³-hybridized carbons (Fsp3) is 0.133. The van der Waals surface area contributed by atoms with Crippen molar-refractivity contribution in [3.05, 3.63) is 55.7 Å². The van der Waals surface area contributed by atoms with Gasteiger partial charge in [0.2, 0.25) is 0 Å². The van der Waals surface area contributed by atoms with E-state index in [1.54, 1.807) is 12.1 Å². The summed E-state index contributed by atoms with van der Waals surface area (Å²) < 4.78 is 0. The van der Waals surface area contributed by atoms with Crippen LogP contribution in [0.15, 0.2) is 29.6 Å². The van der Waals surface area contributed by atoms with Gasteiger partial charge in [-0.2, -0.15) is 0 Å². The highest BCUT2D eigenvalue weighted by atomic mass is 35.5. The van der Waals surface area contributed by atoms with Crippen LogP contribution in [0.3, 0.4) is 0 Å². The van der Waals surface area contributed by atoms with Crippen molar-refractivity contribution in [2.75, 3.05) is 6.61 Å². The third-order valence-corrected chi connectivity index (χ3v) is 4.10. The van der Waals surface area contributed by atoms with Crippen LogP contribution in [0.1, 0.15) is 20.8 Å². The molecule has 0 atom stereocenters. The number of aliphatic hydroxyl groups is 1. The van der Waals surface area contributed by atoms with Crippen LogP contribution in [0.25, 0.3) is 0 Å². The lowest BCUT2D eigenvalue weighted by Crippen LogP contribution is -2.23. The van der Waals surface area contributed by atoms with Crippen LogP contribution in [0, 0.1) is 11.8 Å². The second-order valence-corrected chi connectivity index (χ2v) is 5.87. The number of thiophene rings is 1. The molecule has 3 nitrogen and oxygen atoms in total. The van der Waals surface area contributed by atoms with Crippen molar-refractivity contribution in [3.8, 4) is 11.8 Å². The maximum absolute atomic E-state index is 12.1. The minimum absolute atomic E-state index is 0.192. The number of halogens is 2. The van der Waals surface area contributed by atoms with Crippen LogP contribution >= 0.6 is 34.5 Å². The van der Waals surface area contributed by atoms with Gasteiger partial charge in [-0.1, -0.05) is 35.0 Å². The molecule has 0 aliphatic heterocycles. The minimum Gasteiger partial charge on any atom is -0.384 e. The summed E-state index contributed by atoms with van der Waals surface area (Å²) in [6.45, 7) is 0.160. The van der Waals surface area contributed by atoms with Gasteiger partial charge in [0, 0.05) is 15.5 Å². The van der Waals surface area contributed by atoms with Gasteiger partial charge in [0.1, 0.15) is 6.61 Å². The largest absolute Gasteiger partial charge is 0.384 e. The maximum atomic E-state index is 12.1. The molecule has 2 rings (SSSR count). The van der Waals surface area contributed by atoms with Gasteiger partial charge in [-0.3, -0.25) is 4.79 Å². The van der Waals surface area contributed by atoms with Crippen LogP contribution in [-0.4, -0.2) is 17.6 Å². The summed E-state index contributed by atoms with van der Waals surface area (Å²) in [4.78, 5) is 13.0. The summed E-state index contributed by atoms with van der Waals surface area (Å²) in [5.74, 6) is 5.16. The molecule has 0 saturated carbocycles. The predicted octanol–water partition coefficient (Wildman–Crippen LogP) is 3.33. The number of hydrogen-bond acceptors (Lipinski definition) is 3. The third-order valence-electron chi connectivity index (χ3n) is 2.63. The minimum atomic E-state index is -0.272. The number of amides is 1. The van der Waals surface area contributed by atoms with E-state index < -0.39 is 0 Å². The quantitative estimate of drug-likeness (QED) is 0.842. The first kappa shape index (κ1) is 15.9. The fourth-order valence-corrected chi connectivity index (χ4v) is 2.92. The molecular formula is C15H11Cl2NO2S. The van der Waals surface area contributed by atoms with E-state index in [1.165, 1.54) is 17.4 Å². The molecule has 6 heteroatoms. The lowest BCUT2D eigenvalue weighted by Gasteiger charge is -2.06. The van der Waals surface area contributed by atoms with E-state index in [2.05, 4.69) is 17.2 Å². The molecule has 0 aliphatic carbocycles. The second-order valence-electron chi connectivity index (χ2n) is 4.02. The zero-order chi connectivity index (χ0) is 15.2. The van der Waals surface area contributed by atoms with Crippen LogP contribution in [0.4, 0.5) is 0 Å². The summed E-state index contributed by atoms with van der Waals surface area (Å²) in [6.07, 6.45) is 0. The van der Waals surface area contributed by atoms with Crippen molar-refractivity contribution in [1.82, 2.24) is 5.32 Å². The molecule has 0 unspecified atom stereocenters. The molecule has 108 valence electrons. The predicted molar refractivity (Wildman–Crippen MR) is 85.9 cm³/mol. The molecule has 1 aromatic carbocycles. The molecule has 0 bridgehead atoms. The Hall–Kier alpha value is -1.51. The molecule has 0 radical (unpaired) electrons. The number of hydrogen-bond donors (Lipinski definition) is 2. The van der Waals surface area contributed by atoms with E-state index in [1.807, 2.05) is 11.4 Å². The summed E-state index contributed by atoms with van der Waals surface area (Å²) in [6, 6.07) is 6.58. The van der Waals surface area contributed by atoms with Crippen LogP contribution in [0.2, 0.25) is 10.0 Å². The third kappa shape index (κ3) is 4.23. The first-order valence-electron chi connectivity index (χ1n) is 6.01. The standard InChI is InChI=1S/C15H11Cl2NO2S/c16-11-3-4-12(13(17)8-11)15(20)18-9-14-10(2-1-6-19)5-7-21-14/h3-5,7-8,19H,6,9H2,(H,18,20). The summed E-state index contributed by atoms with van der Waals surface area (Å²) in [7, 11) is 0. The Morgan fingerprint density at radius 1 is 1.33 bits per heavy atom. The highest BCUT2D eigenvalue weighted by Gasteiger charge is 2.11. The van der Waals surface area contributed by atoms with Gasteiger partial charge in [-0.25, -0.2) is 0 Å². The Kier molecular flexibility index (Phi) is 5.66. The topological polar surface area (TPSA) is 49.3 Å². The van der Waals surface area contributed by atoms with Gasteiger partial charge in [-0.15, -0.1) is 11.3 Å². The molecule has 0 spiro atoms. The van der Waals surface area contributed by atoms with E-state index in [4.69, 9.17) is 28.3 Å². The molecule has 1 heterocycles. The maximum Gasteiger partial charge on any atom is 0.253 e. The summed E-state index contributed by atoms with van der Waals surface area (Å²) >= 11 is 13.3. The van der Waals surface area contributed by atoms with Gasteiger partial charge >= 0.3 is 0 Å². The Balaban J connectivity index is 2.06. The van der Waals surface area contributed by atoms with E-state index in [0.717, 1.165) is 10.4 Å². The number of rotatable bonds is 3. The van der Waals surface area contributed by atoms with E-state index in [-0.39, 0.29) is 12.5 Å². The Labute approximate surface area is 136 Å². The van der Waals surface area contributed by atoms with E-state index in [0.29, 0.717) is 22.2 Å². The molecule has 21 heavy (non-hydrogen) atoms. The smallest absolute Gasteiger partial charge is 0.253 e. The number of carbonyl (C=O) groups is 1. The fourth-order valence-electron chi connectivity index (χ4n) is 1.65. The van der Waals surface area contributed by atoms with Gasteiger partial charge in [0.15, 0.2) is 0 Å². The monoisotopic (exact) mass is 339 g/mol. The molecule has 2 aromatic rings. The van der Waals surface area contributed by atoms with Gasteiger partial charge < -0.3 is 10.4 Å². The summed E-state index contributed by atoms with van der Waals surface area (Å²) in [5.41, 5.74) is 1.18. The molecule has 0 fully saturated rings. The van der Waals surface area contributed by atoms with Crippen LogP contribution < -0.4 is 5.32 Å². The van der Waals surface area contributed by atoms with Crippen molar-refractivity contribution >= 4 is 40.4 Å². The normalized spacial score (nSPS) is 9.86. The van der Waals surface area contributed by atoms with Crippen LogP contribution in [-0.2, 0) is 6.54 Å². The molecule has 2 N–H and O–H groups in total. The van der Waals surface area contributed by atoms with E-state index in [9.17, 15) is 4.79 Å². The molecule has 1 amide bonds. The van der Waals surface area contributed by atoms with Gasteiger partial charge in [0.05, 0.1) is 17.1 Å². The van der Waals surface area contributed by atoms with Crippen molar-refractivity contribution < 1.29 is 9.90 Å².